The number of rotatable bonds is 4. The fraction of sp³-hybridized carbons (Fsp3) is 0.263. The highest BCUT2D eigenvalue weighted by Crippen LogP contribution is 2.18. The predicted octanol–water partition coefficient (Wildman–Crippen LogP) is 3.09. The van der Waals surface area contributed by atoms with Gasteiger partial charge < -0.3 is 4.90 Å². The number of amides is 1. The summed E-state index contributed by atoms with van der Waals surface area (Å²) in [5.41, 5.74) is 1.43. The molecule has 0 aromatic heterocycles. The fourth-order valence-corrected chi connectivity index (χ4v) is 3.29. The van der Waals surface area contributed by atoms with E-state index in [4.69, 9.17) is 0 Å². The number of carbonyl (C=O) groups is 2. The first-order valence-corrected chi connectivity index (χ1v) is 8.79. The number of ketones is 1. The minimum atomic E-state index is 0.0384. The number of halogens is 1. The highest BCUT2D eigenvalue weighted by Gasteiger charge is 2.24. The molecule has 1 aliphatic heterocycles. The van der Waals surface area contributed by atoms with Gasteiger partial charge in [0.05, 0.1) is 12.1 Å². The van der Waals surface area contributed by atoms with Crippen molar-refractivity contribution in [2.75, 3.05) is 32.7 Å². The molecule has 124 valence electrons. The molecule has 0 bridgehead atoms. The second kappa shape index (κ2) is 7.73. The van der Waals surface area contributed by atoms with Crippen molar-refractivity contribution < 1.29 is 9.59 Å². The lowest BCUT2D eigenvalue weighted by Gasteiger charge is -2.34. The summed E-state index contributed by atoms with van der Waals surface area (Å²) in [6.45, 7) is 3.12. The molecule has 0 atom stereocenters. The molecule has 4 nitrogen and oxygen atoms in total. The van der Waals surface area contributed by atoms with Crippen LogP contribution in [-0.2, 0) is 0 Å². The molecule has 1 amide bonds. The summed E-state index contributed by atoms with van der Waals surface area (Å²) in [6.07, 6.45) is 0. The Morgan fingerprint density at radius 1 is 0.875 bits per heavy atom. The van der Waals surface area contributed by atoms with Gasteiger partial charge in [0.15, 0.2) is 5.78 Å². The van der Waals surface area contributed by atoms with E-state index in [2.05, 4.69) is 20.8 Å². The van der Waals surface area contributed by atoms with E-state index >= 15 is 0 Å². The second-order valence-electron chi connectivity index (χ2n) is 5.84. The molecule has 3 rings (SSSR count). The maximum absolute atomic E-state index is 12.6. The lowest BCUT2D eigenvalue weighted by atomic mass is 10.1. The van der Waals surface area contributed by atoms with E-state index in [1.54, 1.807) is 0 Å². The third kappa shape index (κ3) is 3.91. The summed E-state index contributed by atoms with van der Waals surface area (Å²) in [6, 6.07) is 16.8. The van der Waals surface area contributed by atoms with E-state index in [-0.39, 0.29) is 11.7 Å². The summed E-state index contributed by atoms with van der Waals surface area (Å²) < 4.78 is 0.816. The summed E-state index contributed by atoms with van der Waals surface area (Å²) in [5.74, 6) is 0.165. The zero-order valence-electron chi connectivity index (χ0n) is 13.3. The predicted molar refractivity (Wildman–Crippen MR) is 97.3 cm³/mol. The van der Waals surface area contributed by atoms with Gasteiger partial charge in [-0.2, -0.15) is 0 Å². The van der Waals surface area contributed by atoms with E-state index < -0.39 is 0 Å². The molecule has 1 saturated heterocycles. The van der Waals surface area contributed by atoms with Crippen LogP contribution in [0.25, 0.3) is 0 Å². The molecule has 2 aromatic rings. The smallest absolute Gasteiger partial charge is 0.255 e. The average Bonchev–Trinajstić information content (AvgIpc) is 2.63. The van der Waals surface area contributed by atoms with Gasteiger partial charge in [-0.25, -0.2) is 0 Å². The van der Waals surface area contributed by atoms with E-state index in [1.807, 2.05) is 59.5 Å². The Bertz CT molecular complexity index is 725. The second-order valence-corrected chi connectivity index (χ2v) is 6.69. The average molecular weight is 387 g/mol. The summed E-state index contributed by atoms with van der Waals surface area (Å²) in [4.78, 5) is 28.8. The fourth-order valence-electron chi connectivity index (χ4n) is 2.83. The molecule has 2 aromatic carbocycles. The zero-order valence-corrected chi connectivity index (χ0v) is 14.9. The molecule has 0 aliphatic carbocycles. The van der Waals surface area contributed by atoms with Crippen LogP contribution in [0, 0.1) is 0 Å². The number of Topliss-reactive ketones (excluding diaryl/α,β-unsaturated/α-hetero) is 1. The van der Waals surface area contributed by atoms with Crippen molar-refractivity contribution >= 4 is 27.6 Å². The number of nitrogens with zero attached hydrogens (tertiary/aromatic N) is 2. The van der Waals surface area contributed by atoms with Crippen LogP contribution in [0.5, 0.6) is 0 Å². The maximum Gasteiger partial charge on any atom is 0.255 e. The Labute approximate surface area is 150 Å². The largest absolute Gasteiger partial charge is 0.336 e. The number of benzene rings is 2. The SMILES string of the molecule is O=C(CN1CCN(C(=O)c2ccccc2Br)CC1)c1ccccc1. The van der Waals surface area contributed by atoms with Gasteiger partial charge >= 0.3 is 0 Å². The summed E-state index contributed by atoms with van der Waals surface area (Å²) in [5, 5.41) is 0. The van der Waals surface area contributed by atoms with Crippen molar-refractivity contribution in [2.45, 2.75) is 0 Å². The lowest BCUT2D eigenvalue weighted by molar-refractivity contribution is 0.0623. The van der Waals surface area contributed by atoms with Crippen molar-refractivity contribution in [3.63, 3.8) is 0 Å². The van der Waals surface area contributed by atoms with Gasteiger partial charge in [-0.1, -0.05) is 42.5 Å². The molecule has 0 N–H and O–H groups in total. The number of carbonyl (C=O) groups excluding carboxylic acids is 2. The summed E-state index contributed by atoms with van der Waals surface area (Å²) in [7, 11) is 0. The molecule has 1 aliphatic rings. The van der Waals surface area contributed by atoms with Crippen molar-refractivity contribution in [1.82, 2.24) is 9.80 Å². The van der Waals surface area contributed by atoms with E-state index in [9.17, 15) is 9.59 Å². The van der Waals surface area contributed by atoms with Gasteiger partial charge in [0, 0.05) is 36.2 Å². The molecule has 5 heteroatoms. The van der Waals surface area contributed by atoms with Gasteiger partial charge in [0.25, 0.3) is 5.91 Å². The quantitative estimate of drug-likeness (QED) is 0.758. The first kappa shape index (κ1) is 16.9. The minimum absolute atomic E-state index is 0.0384. The van der Waals surface area contributed by atoms with Gasteiger partial charge in [-0.05, 0) is 28.1 Å². The van der Waals surface area contributed by atoms with Crippen molar-refractivity contribution in [2.24, 2.45) is 0 Å². The van der Waals surface area contributed by atoms with Crippen LogP contribution in [0.1, 0.15) is 20.7 Å². The lowest BCUT2D eigenvalue weighted by Crippen LogP contribution is -2.50. The third-order valence-corrected chi connectivity index (χ3v) is 4.92. The van der Waals surface area contributed by atoms with Crippen molar-refractivity contribution in [1.29, 1.82) is 0 Å². The first-order chi connectivity index (χ1) is 11.6. The molecule has 0 radical (unpaired) electrons. The molecule has 24 heavy (non-hydrogen) atoms. The van der Waals surface area contributed by atoms with E-state index in [1.165, 1.54) is 0 Å². The summed E-state index contributed by atoms with van der Waals surface area (Å²) >= 11 is 3.43. The highest BCUT2D eigenvalue weighted by atomic mass is 79.9. The number of hydrogen-bond acceptors (Lipinski definition) is 3. The maximum atomic E-state index is 12.6. The van der Waals surface area contributed by atoms with Crippen LogP contribution in [0.3, 0.4) is 0 Å². The molecule has 1 fully saturated rings. The van der Waals surface area contributed by atoms with E-state index in [0.29, 0.717) is 25.2 Å². The van der Waals surface area contributed by atoms with Gasteiger partial charge in [0.1, 0.15) is 0 Å². The van der Waals surface area contributed by atoms with Crippen LogP contribution < -0.4 is 0 Å². The zero-order chi connectivity index (χ0) is 16.9. The monoisotopic (exact) mass is 386 g/mol. The van der Waals surface area contributed by atoms with Crippen molar-refractivity contribution in [3.05, 3.63) is 70.2 Å². The minimum Gasteiger partial charge on any atom is -0.336 e. The molecular weight excluding hydrogens is 368 g/mol. The topological polar surface area (TPSA) is 40.6 Å². The number of piperazine rings is 1. The van der Waals surface area contributed by atoms with Crippen LogP contribution >= 0.6 is 15.9 Å². The van der Waals surface area contributed by atoms with Crippen molar-refractivity contribution in [3.8, 4) is 0 Å². The Kier molecular flexibility index (Phi) is 5.43. The van der Waals surface area contributed by atoms with Crippen LogP contribution in [0.4, 0.5) is 0 Å². The normalized spacial score (nSPS) is 15.3. The number of hydrogen-bond donors (Lipinski definition) is 0. The Morgan fingerprint density at radius 2 is 1.50 bits per heavy atom. The Hall–Kier alpha value is -1.98. The molecular formula is C19H19BrN2O2. The van der Waals surface area contributed by atoms with Gasteiger partial charge in [0.2, 0.25) is 0 Å². The molecule has 1 heterocycles. The Balaban J connectivity index is 1.55. The standard InChI is InChI=1S/C19H19BrN2O2/c20-17-9-5-4-8-16(17)19(24)22-12-10-21(11-13-22)14-18(23)15-6-2-1-3-7-15/h1-9H,10-14H2. The van der Waals surface area contributed by atoms with Gasteiger partial charge in [-0.15, -0.1) is 0 Å². The molecule has 0 saturated carbocycles. The van der Waals surface area contributed by atoms with E-state index in [0.717, 1.165) is 23.1 Å². The highest BCUT2D eigenvalue weighted by molar-refractivity contribution is 9.10. The first-order valence-electron chi connectivity index (χ1n) is 7.99. The Morgan fingerprint density at radius 3 is 2.17 bits per heavy atom. The van der Waals surface area contributed by atoms with Gasteiger partial charge in [-0.3, -0.25) is 14.5 Å². The van der Waals surface area contributed by atoms with Crippen LogP contribution in [0.2, 0.25) is 0 Å². The van der Waals surface area contributed by atoms with Crippen LogP contribution in [0.15, 0.2) is 59.1 Å². The molecule has 0 spiro atoms. The molecule has 0 unspecified atom stereocenters. The third-order valence-electron chi connectivity index (χ3n) is 4.23. The van der Waals surface area contributed by atoms with Crippen LogP contribution in [-0.4, -0.2) is 54.2 Å².